The molecule has 0 bridgehead atoms. The lowest BCUT2D eigenvalue weighted by Gasteiger charge is -2.08. The van der Waals surface area contributed by atoms with Crippen molar-refractivity contribution in [1.82, 2.24) is 14.3 Å². The number of benzene rings is 2. The summed E-state index contributed by atoms with van der Waals surface area (Å²) in [6.07, 6.45) is 1.81. The van der Waals surface area contributed by atoms with E-state index in [0.29, 0.717) is 17.1 Å². The van der Waals surface area contributed by atoms with E-state index in [-0.39, 0.29) is 11.7 Å². The summed E-state index contributed by atoms with van der Waals surface area (Å²) in [5.74, 6) is -0.00364. The Morgan fingerprint density at radius 1 is 1.12 bits per heavy atom. The molecule has 1 N–H and O–H groups in total. The Hall–Kier alpha value is -3.41. The van der Waals surface area contributed by atoms with Crippen molar-refractivity contribution in [2.24, 2.45) is 7.05 Å². The number of aromatic nitrogens is 3. The van der Waals surface area contributed by atoms with Gasteiger partial charge in [0.2, 0.25) is 0 Å². The first-order chi connectivity index (χ1) is 12.5. The van der Waals surface area contributed by atoms with Gasteiger partial charge in [0.1, 0.15) is 11.6 Å². The Balaban J connectivity index is 1.71. The second-order valence-corrected chi connectivity index (χ2v) is 6.18. The van der Waals surface area contributed by atoms with Gasteiger partial charge in [0.25, 0.3) is 5.91 Å². The van der Waals surface area contributed by atoms with Gasteiger partial charge in [0.15, 0.2) is 0 Å². The number of nitrogens with one attached hydrogen (secondary N) is 1. The monoisotopic (exact) mass is 348 g/mol. The summed E-state index contributed by atoms with van der Waals surface area (Å²) in [4.78, 5) is 12.9. The second kappa shape index (κ2) is 6.15. The van der Waals surface area contributed by atoms with Crippen LogP contribution in [-0.2, 0) is 7.05 Å². The highest BCUT2D eigenvalue weighted by molar-refractivity contribution is 6.12. The highest BCUT2D eigenvalue weighted by atomic mass is 19.1. The predicted octanol–water partition coefficient (Wildman–Crippen LogP) is 4.06. The molecule has 0 saturated carbocycles. The third kappa shape index (κ3) is 2.75. The molecule has 26 heavy (non-hydrogen) atoms. The Bertz CT molecular complexity index is 1110. The summed E-state index contributed by atoms with van der Waals surface area (Å²) >= 11 is 0. The van der Waals surface area contributed by atoms with Crippen LogP contribution < -0.4 is 5.32 Å². The van der Waals surface area contributed by atoms with Gasteiger partial charge in [0, 0.05) is 30.2 Å². The van der Waals surface area contributed by atoms with Crippen molar-refractivity contribution in [2.75, 3.05) is 5.32 Å². The number of aryl methyl sites for hydroxylation is 2. The largest absolute Gasteiger partial charge is 0.350 e. The Kier molecular flexibility index (Phi) is 3.80. The van der Waals surface area contributed by atoms with Crippen molar-refractivity contribution >= 4 is 22.6 Å². The van der Waals surface area contributed by atoms with Gasteiger partial charge in [0.05, 0.1) is 16.9 Å². The van der Waals surface area contributed by atoms with Gasteiger partial charge < -0.3 is 9.88 Å². The number of carbonyl (C=O) groups is 1. The minimum Gasteiger partial charge on any atom is -0.350 e. The first-order valence-corrected chi connectivity index (χ1v) is 8.21. The average molecular weight is 348 g/mol. The molecule has 4 rings (SSSR count). The van der Waals surface area contributed by atoms with Crippen LogP contribution in [0.1, 0.15) is 16.1 Å². The number of rotatable bonds is 3. The molecule has 0 radical (unpaired) electrons. The summed E-state index contributed by atoms with van der Waals surface area (Å²) in [6, 6.07) is 15.5. The van der Waals surface area contributed by atoms with E-state index in [4.69, 9.17) is 0 Å². The SMILES string of the molecule is Cc1cc(NC(=O)c2cn(C)c3ccccc23)n(-c2ccc(F)cc2)n1. The van der Waals surface area contributed by atoms with E-state index >= 15 is 0 Å². The zero-order valence-electron chi connectivity index (χ0n) is 14.4. The summed E-state index contributed by atoms with van der Waals surface area (Å²) in [5, 5.41) is 8.21. The fourth-order valence-corrected chi connectivity index (χ4v) is 3.07. The number of nitrogens with zero attached hydrogens (tertiary/aromatic N) is 3. The topological polar surface area (TPSA) is 51.9 Å². The van der Waals surface area contributed by atoms with Crippen LogP contribution in [0.4, 0.5) is 10.2 Å². The van der Waals surface area contributed by atoms with Gasteiger partial charge in [-0.15, -0.1) is 0 Å². The summed E-state index contributed by atoms with van der Waals surface area (Å²) in [6.45, 7) is 1.84. The maximum absolute atomic E-state index is 13.2. The number of fused-ring (bicyclic) bond motifs is 1. The third-order valence-electron chi connectivity index (χ3n) is 4.29. The van der Waals surface area contributed by atoms with Crippen LogP contribution in [0.15, 0.2) is 60.8 Å². The Morgan fingerprint density at radius 3 is 2.62 bits per heavy atom. The molecule has 2 aromatic carbocycles. The highest BCUT2D eigenvalue weighted by Crippen LogP contribution is 2.23. The Morgan fingerprint density at radius 2 is 1.85 bits per heavy atom. The van der Waals surface area contributed by atoms with Crippen LogP contribution in [0.2, 0.25) is 0 Å². The number of carbonyl (C=O) groups excluding carboxylic acids is 1. The van der Waals surface area contributed by atoms with Crippen molar-refractivity contribution in [2.45, 2.75) is 6.92 Å². The lowest BCUT2D eigenvalue weighted by Crippen LogP contribution is -2.15. The number of hydrogen-bond donors (Lipinski definition) is 1. The van der Waals surface area contributed by atoms with E-state index in [1.807, 2.05) is 49.0 Å². The van der Waals surface area contributed by atoms with Crippen molar-refractivity contribution in [3.8, 4) is 5.69 Å². The molecule has 130 valence electrons. The molecule has 5 nitrogen and oxygen atoms in total. The van der Waals surface area contributed by atoms with E-state index in [1.54, 1.807) is 22.9 Å². The lowest BCUT2D eigenvalue weighted by atomic mass is 10.1. The molecule has 1 amide bonds. The fourth-order valence-electron chi connectivity index (χ4n) is 3.07. The fraction of sp³-hybridized carbons (Fsp3) is 0.100. The van der Waals surface area contributed by atoms with Gasteiger partial charge in [-0.1, -0.05) is 18.2 Å². The maximum atomic E-state index is 13.2. The van der Waals surface area contributed by atoms with E-state index in [0.717, 1.165) is 16.6 Å². The van der Waals surface area contributed by atoms with Crippen molar-refractivity contribution in [1.29, 1.82) is 0 Å². The minimum atomic E-state index is -0.320. The molecular weight excluding hydrogens is 331 g/mol. The third-order valence-corrected chi connectivity index (χ3v) is 4.29. The molecule has 0 unspecified atom stereocenters. The normalized spacial score (nSPS) is 11.0. The van der Waals surface area contributed by atoms with Gasteiger partial charge in [-0.2, -0.15) is 5.10 Å². The number of hydrogen-bond acceptors (Lipinski definition) is 2. The van der Waals surface area contributed by atoms with Crippen molar-refractivity contribution in [3.05, 3.63) is 77.9 Å². The smallest absolute Gasteiger partial charge is 0.258 e. The number of amides is 1. The molecule has 0 spiro atoms. The first-order valence-electron chi connectivity index (χ1n) is 8.21. The lowest BCUT2D eigenvalue weighted by molar-refractivity contribution is 0.102. The zero-order chi connectivity index (χ0) is 18.3. The van der Waals surface area contributed by atoms with Crippen LogP contribution >= 0.6 is 0 Å². The molecule has 0 aliphatic heterocycles. The minimum absolute atomic E-state index is 0.218. The van der Waals surface area contributed by atoms with E-state index in [1.165, 1.54) is 12.1 Å². The molecule has 0 saturated heterocycles. The zero-order valence-corrected chi connectivity index (χ0v) is 14.4. The van der Waals surface area contributed by atoms with Crippen LogP contribution in [0, 0.1) is 12.7 Å². The van der Waals surface area contributed by atoms with Gasteiger partial charge in [-0.05, 0) is 37.3 Å². The summed E-state index contributed by atoms with van der Waals surface area (Å²) in [7, 11) is 1.91. The molecule has 6 heteroatoms. The summed E-state index contributed by atoms with van der Waals surface area (Å²) < 4.78 is 16.7. The highest BCUT2D eigenvalue weighted by Gasteiger charge is 2.16. The standard InChI is InChI=1S/C20H17FN4O/c1-13-11-19(25(23-13)15-9-7-14(21)8-10-15)22-20(26)17-12-24(2)18-6-4-3-5-16(17)18/h3-12H,1-2H3,(H,22,26). The summed E-state index contributed by atoms with van der Waals surface area (Å²) in [5.41, 5.74) is 3.00. The maximum Gasteiger partial charge on any atom is 0.258 e. The second-order valence-electron chi connectivity index (χ2n) is 6.18. The number of anilines is 1. The average Bonchev–Trinajstić information content (AvgIpc) is 3.16. The molecule has 4 aromatic rings. The molecule has 2 aromatic heterocycles. The van der Waals surface area contributed by atoms with Crippen LogP contribution in [0.25, 0.3) is 16.6 Å². The number of halogens is 1. The molecule has 0 fully saturated rings. The molecule has 0 atom stereocenters. The molecule has 2 heterocycles. The number of para-hydroxylation sites is 1. The van der Waals surface area contributed by atoms with E-state index < -0.39 is 0 Å². The van der Waals surface area contributed by atoms with Gasteiger partial charge in [-0.25, -0.2) is 9.07 Å². The van der Waals surface area contributed by atoms with Gasteiger partial charge >= 0.3 is 0 Å². The molecular formula is C20H17FN4O. The van der Waals surface area contributed by atoms with Crippen LogP contribution in [0.3, 0.4) is 0 Å². The molecule has 0 aliphatic carbocycles. The Labute approximate surface area is 149 Å². The van der Waals surface area contributed by atoms with Gasteiger partial charge in [-0.3, -0.25) is 4.79 Å². The van der Waals surface area contributed by atoms with E-state index in [2.05, 4.69) is 10.4 Å². The van der Waals surface area contributed by atoms with Crippen molar-refractivity contribution in [3.63, 3.8) is 0 Å². The van der Waals surface area contributed by atoms with Crippen LogP contribution in [0.5, 0.6) is 0 Å². The first kappa shape index (κ1) is 16.1. The van der Waals surface area contributed by atoms with E-state index in [9.17, 15) is 9.18 Å². The molecule has 0 aliphatic rings. The van der Waals surface area contributed by atoms with Crippen molar-refractivity contribution < 1.29 is 9.18 Å². The van der Waals surface area contributed by atoms with Crippen LogP contribution in [-0.4, -0.2) is 20.3 Å². The quantitative estimate of drug-likeness (QED) is 0.607. The predicted molar refractivity (Wildman–Crippen MR) is 99.1 cm³/mol.